The summed E-state index contributed by atoms with van der Waals surface area (Å²) in [4.78, 5) is 7.81. The molecule has 1 aromatic heterocycles. The van der Waals surface area contributed by atoms with E-state index in [0.717, 1.165) is 0 Å². The molecule has 2 heterocycles. The molecule has 2 N–H and O–H groups in total. The molecule has 26 heavy (non-hydrogen) atoms. The summed E-state index contributed by atoms with van der Waals surface area (Å²) in [5, 5.41) is 32.2. The standard InChI is InChI=1S/C19H17N5O2/c1-19(2)17(25)16(14-9-12(10-20)3-4-15(14)26-19)24-18(23-11-21)13-5-7-22-8-6-13/h3-9,16-17,25H,1-2H3,(H,23,24)/t16-,17+/m0/s1. The maximum atomic E-state index is 10.9. The number of ether oxygens (including phenoxy) is 1. The minimum Gasteiger partial charge on any atom is -0.485 e. The van der Waals surface area contributed by atoms with Crippen LogP contribution in [0, 0.1) is 22.8 Å². The van der Waals surface area contributed by atoms with Crippen molar-refractivity contribution in [2.45, 2.75) is 31.6 Å². The predicted octanol–water partition coefficient (Wildman–Crippen LogP) is 2.04. The van der Waals surface area contributed by atoms with Crippen LogP contribution >= 0.6 is 0 Å². The SMILES string of the molecule is CC1(C)Oc2ccc(C#N)cc2[C@H](N/C(=N\C#N)c2ccncc2)[C@H]1O. The van der Waals surface area contributed by atoms with Crippen LogP contribution < -0.4 is 10.1 Å². The van der Waals surface area contributed by atoms with Crippen molar-refractivity contribution in [3.8, 4) is 18.0 Å². The fourth-order valence-electron chi connectivity index (χ4n) is 2.91. The van der Waals surface area contributed by atoms with Gasteiger partial charge in [-0.2, -0.15) is 15.5 Å². The molecule has 0 radical (unpaired) electrons. The third-order valence-corrected chi connectivity index (χ3v) is 4.28. The van der Waals surface area contributed by atoms with E-state index in [9.17, 15) is 10.4 Å². The zero-order valence-corrected chi connectivity index (χ0v) is 14.3. The van der Waals surface area contributed by atoms with Crippen molar-refractivity contribution in [2.75, 3.05) is 0 Å². The Balaban J connectivity index is 2.06. The first-order valence-electron chi connectivity index (χ1n) is 8.01. The lowest BCUT2D eigenvalue weighted by Gasteiger charge is -2.42. The van der Waals surface area contributed by atoms with Gasteiger partial charge < -0.3 is 15.2 Å². The number of aliphatic hydroxyl groups excluding tert-OH is 1. The summed E-state index contributed by atoms with van der Waals surface area (Å²) < 4.78 is 5.89. The van der Waals surface area contributed by atoms with Crippen molar-refractivity contribution >= 4 is 5.84 Å². The maximum absolute atomic E-state index is 10.9. The third kappa shape index (κ3) is 3.21. The van der Waals surface area contributed by atoms with Crippen LogP contribution in [0.2, 0.25) is 0 Å². The molecule has 0 aliphatic carbocycles. The second-order valence-electron chi connectivity index (χ2n) is 6.43. The quantitative estimate of drug-likeness (QED) is 0.488. The molecular weight excluding hydrogens is 330 g/mol. The molecule has 0 spiro atoms. The Kier molecular flexibility index (Phi) is 4.57. The van der Waals surface area contributed by atoms with Gasteiger partial charge in [-0.3, -0.25) is 4.98 Å². The third-order valence-electron chi connectivity index (χ3n) is 4.28. The van der Waals surface area contributed by atoms with Crippen LogP contribution in [0.5, 0.6) is 5.75 Å². The first-order chi connectivity index (χ1) is 12.5. The molecule has 0 amide bonds. The molecule has 1 aliphatic rings. The van der Waals surface area contributed by atoms with Gasteiger partial charge in [0, 0.05) is 23.5 Å². The number of hydrogen-bond acceptors (Lipinski definition) is 6. The minimum absolute atomic E-state index is 0.310. The van der Waals surface area contributed by atoms with Gasteiger partial charge in [-0.05, 0) is 44.2 Å². The summed E-state index contributed by atoms with van der Waals surface area (Å²) >= 11 is 0. The summed E-state index contributed by atoms with van der Waals surface area (Å²) in [6.07, 6.45) is 4.03. The number of rotatable bonds is 2. The van der Waals surface area contributed by atoms with Gasteiger partial charge in [-0.25, -0.2) is 0 Å². The van der Waals surface area contributed by atoms with Crippen LogP contribution in [0.25, 0.3) is 0 Å². The Morgan fingerprint density at radius 1 is 1.27 bits per heavy atom. The molecule has 0 bridgehead atoms. The topological polar surface area (TPSA) is 114 Å². The number of benzene rings is 1. The van der Waals surface area contributed by atoms with E-state index in [2.05, 4.69) is 21.4 Å². The molecule has 3 rings (SSSR count). The summed E-state index contributed by atoms with van der Waals surface area (Å²) in [6.45, 7) is 3.56. The van der Waals surface area contributed by atoms with E-state index < -0.39 is 17.7 Å². The number of fused-ring (bicyclic) bond motifs is 1. The van der Waals surface area contributed by atoms with E-state index in [1.54, 1.807) is 62.8 Å². The second kappa shape index (κ2) is 6.83. The number of aliphatic imine (C=N–C) groups is 1. The molecule has 2 aromatic rings. The molecule has 1 aromatic carbocycles. The molecular formula is C19H17N5O2. The zero-order chi connectivity index (χ0) is 18.7. The molecule has 0 saturated heterocycles. The summed E-state index contributed by atoms with van der Waals surface area (Å²) in [6, 6.07) is 9.95. The zero-order valence-electron chi connectivity index (χ0n) is 14.3. The highest BCUT2D eigenvalue weighted by Crippen LogP contribution is 2.40. The molecule has 0 fully saturated rings. The largest absolute Gasteiger partial charge is 0.485 e. The Bertz CT molecular complexity index is 925. The number of nitrogens with zero attached hydrogens (tertiary/aromatic N) is 4. The van der Waals surface area contributed by atoms with Crippen LogP contribution in [0.3, 0.4) is 0 Å². The molecule has 0 saturated carbocycles. The Labute approximate surface area is 151 Å². The molecule has 1 aliphatic heterocycles. The van der Waals surface area contributed by atoms with Crippen molar-refractivity contribution in [1.29, 1.82) is 10.5 Å². The van der Waals surface area contributed by atoms with Gasteiger partial charge in [0.1, 0.15) is 23.3 Å². The molecule has 0 unspecified atom stereocenters. The second-order valence-corrected chi connectivity index (χ2v) is 6.43. The fourth-order valence-corrected chi connectivity index (χ4v) is 2.91. The molecule has 2 atom stereocenters. The number of nitriles is 2. The Hall–Kier alpha value is -3.42. The summed E-state index contributed by atoms with van der Waals surface area (Å²) in [7, 11) is 0. The average Bonchev–Trinajstić information content (AvgIpc) is 2.65. The summed E-state index contributed by atoms with van der Waals surface area (Å²) in [5.74, 6) is 0.882. The van der Waals surface area contributed by atoms with Crippen molar-refractivity contribution in [3.05, 3.63) is 59.4 Å². The molecule has 130 valence electrons. The van der Waals surface area contributed by atoms with Gasteiger partial charge in [0.05, 0.1) is 17.7 Å². The van der Waals surface area contributed by atoms with E-state index in [0.29, 0.717) is 28.3 Å². The number of hydrogen-bond donors (Lipinski definition) is 2. The first kappa shape index (κ1) is 17.4. The van der Waals surface area contributed by atoms with Gasteiger partial charge in [-0.1, -0.05) is 0 Å². The van der Waals surface area contributed by atoms with Crippen LogP contribution in [0.1, 0.15) is 36.6 Å². The van der Waals surface area contributed by atoms with Gasteiger partial charge in [0.15, 0.2) is 0 Å². The molecule has 7 nitrogen and oxygen atoms in total. The number of aromatic nitrogens is 1. The van der Waals surface area contributed by atoms with Gasteiger partial charge in [0.25, 0.3) is 0 Å². The average molecular weight is 347 g/mol. The number of pyridine rings is 1. The summed E-state index contributed by atoms with van der Waals surface area (Å²) in [5.41, 5.74) is 0.884. The van der Waals surface area contributed by atoms with E-state index in [-0.39, 0.29) is 0 Å². The van der Waals surface area contributed by atoms with Gasteiger partial charge in [-0.15, -0.1) is 0 Å². The van der Waals surface area contributed by atoms with Crippen molar-refractivity contribution in [2.24, 2.45) is 4.99 Å². The fraction of sp³-hybridized carbons (Fsp3) is 0.263. The highest BCUT2D eigenvalue weighted by molar-refractivity contribution is 5.99. The lowest BCUT2D eigenvalue weighted by atomic mass is 9.85. The van der Waals surface area contributed by atoms with E-state index >= 15 is 0 Å². The van der Waals surface area contributed by atoms with E-state index in [1.165, 1.54) is 0 Å². The van der Waals surface area contributed by atoms with Crippen molar-refractivity contribution in [3.63, 3.8) is 0 Å². The number of aliphatic hydroxyl groups is 1. The van der Waals surface area contributed by atoms with Crippen molar-refractivity contribution < 1.29 is 9.84 Å². The van der Waals surface area contributed by atoms with Gasteiger partial charge in [0.2, 0.25) is 6.19 Å². The maximum Gasteiger partial charge on any atom is 0.207 e. The van der Waals surface area contributed by atoms with Gasteiger partial charge >= 0.3 is 0 Å². The van der Waals surface area contributed by atoms with Crippen LogP contribution in [0.4, 0.5) is 0 Å². The minimum atomic E-state index is -0.935. The van der Waals surface area contributed by atoms with E-state index in [4.69, 9.17) is 10.00 Å². The Morgan fingerprint density at radius 2 is 2.00 bits per heavy atom. The normalized spacial score (nSPS) is 20.9. The predicted molar refractivity (Wildman–Crippen MR) is 94.1 cm³/mol. The van der Waals surface area contributed by atoms with E-state index in [1.807, 2.05) is 0 Å². The Morgan fingerprint density at radius 3 is 2.65 bits per heavy atom. The first-order valence-corrected chi connectivity index (χ1v) is 8.01. The monoisotopic (exact) mass is 347 g/mol. The van der Waals surface area contributed by atoms with Crippen LogP contribution in [-0.2, 0) is 0 Å². The van der Waals surface area contributed by atoms with Crippen LogP contribution in [0.15, 0.2) is 47.7 Å². The lowest BCUT2D eigenvalue weighted by Crippen LogP contribution is -2.53. The lowest BCUT2D eigenvalue weighted by molar-refractivity contribution is -0.0610. The number of nitrogens with one attached hydrogen (secondary N) is 1. The molecule has 7 heteroatoms. The van der Waals surface area contributed by atoms with Crippen LogP contribution in [-0.4, -0.2) is 27.6 Å². The highest BCUT2D eigenvalue weighted by Gasteiger charge is 2.43. The smallest absolute Gasteiger partial charge is 0.207 e. The highest BCUT2D eigenvalue weighted by atomic mass is 16.5. The number of amidine groups is 1. The van der Waals surface area contributed by atoms with Crippen molar-refractivity contribution in [1.82, 2.24) is 10.3 Å².